The van der Waals surface area contributed by atoms with Crippen LogP contribution in [0.25, 0.3) is 6.08 Å². The molecule has 0 radical (unpaired) electrons. The molecule has 2 amide bonds. The Kier molecular flexibility index (Phi) is 6.74. The van der Waals surface area contributed by atoms with Crippen molar-refractivity contribution in [3.63, 3.8) is 0 Å². The van der Waals surface area contributed by atoms with E-state index in [1.54, 1.807) is 18.2 Å². The van der Waals surface area contributed by atoms with Crippen molar-refractivity contribution in [1.82, 2.24) is 10.6 Å². The maximum absolute atomic E-state index is 13.2. The molecule has 0 spiro atoms. The van der Waals surface area contributed by atoms with E-state index in [2.05, 4.69) is 26.6 Å². The van der Waals surface area contributed by atoms with Crippen molar-refractivity contribution in [2.45, 2.75) is 13.0 Å². The van der Waals surface area contributed by atoms with Crippen LogP contribution in [-0.4, -0.2) is 18.4 Å². The summed E-state index contributed by atoms with van der Waals surface area (Å²) in [5.74, 6) is -0.340. The highest BCUT2D eigenvalue weighted by atomic mass is 79.9. The third-order valence-corrected chi connectivity index (χ3v) is 3.46. The summed E-state index contributed by atoms with van der Waals surface area (Å²) in [5, 5.41) is 5.27. The zero-order chi connectivity index (χ0) is 17.4. The van der Waals surface area contributed by atoms with Crippen molar-refractivity contribution < 1.29 is 18.4 Å². The van der Waals surface area contributed by atoms with Gasteiger partial charge in [0.2, 0.25) is 11.8 Å². The summed E-state index contributed by atoms with van der Waals surface area (Å²) in [6, 6.07) is 7.87. The van der Waals surface area contributed by atoms with Gasteiger partial charge in [0.05, 0.1) is 6.26 Å². The zero-order valence-corrected chi connectivity index (χ0v) is 14.3. The molecule has 1 aromatic heterocycles. The fourth-order valence-corrected chi connectivity index (χ4v) is 2.42. The Bertz CT molecular complexity index is 709. The number of rotatable bonds is 7. The van der Waals surface area contributed by atoms with Crippen LogP contribution in [0.2, 0.25) is 0 Å². The van der Waals surface area contributed by atoms with Gasteiger partial charge in [0.1, 0.15) is 11.6 Å². The molecule has 1 aromatic carbocycles. The van der Waals surface area contributed by atoms with Crippen molar-refractivity contribution >= 4 is 33.8 Å². The Morgan fingerprint density at radius 2 is 2.08 bits per heavy atom. The van der Waals surface area contributed by atoms with E-state index in [9.17, 15) is 14.0 Å². The Morgan fingerprint density at radius 3 is 2.79 bits per heavy atom. The van der Waals surface area contributed by atoms with Crippen LogP contribution in [0.1, 0.15) is 17.7 Å². The topological polar surface area (TPSA) is 71.3 Å². The van der Waals surface area contributed by atoms with Crippen molar-refractivity contribution in [2.24, 2.45) is 0 Å². The van der Waals surface area contributed by atoms with Gasteiger partial charge in [0.25, 0.3) is 0 Å². The fraction of sp³-hybridized carbons (Fsp3) is 0.176. The van der Waals surface area contributed by atoms with Gasteiger partial charge >= 0.3 is 0 Å². The van der Waals surface area contributed by atoms with Crippen molar-refractivity contribution in [3.05, 3.63) is 64.3 Å². The van der Waals surface area contributed by atoms with Gasteiger partial charge in [-0.15, -0.1) is 0 Å². The fourth-order valence-electron chi connectivity index (χ4n) is 1.90. The summed E-state index contributed by atoms with van der Waals surface area (Å²) in [5.41, 5.74) is 0.653. The first-order valence-corrected chi connectivity index (χ1v) is 8.03. The molecule has 0 unspecified atom stereocenters. The van der Waals surface area contributed by atoms with Crippen LogP contribution in [0.15, 0.2) is 51.6 Å². The van der Waals surface area contributed by atoms with Crippen molar-refractivity contribution in [1.29, 1.82) is 0 Å². The third-order valence-electron chi connectivity index (χ3n) is 3.01. The maximum Gasteiger partial charge on any atom is 0.244 e. The van der Waals surface area contributed by atoms with Gasteiger partial charge in [-0.3, -0.25) is 9.59 Å². The Hall–Kier alpha value is -2.41. The van der Waals surface area contributed by atoms with Crippen LogP contribution >= 0.6 is 15.9 Å². The minimum Gasteiger partial charge on any atom is -0.465 e. The standard InChI is InChI=1S/C17H16BrFN2O3/c18-13-8-12(9-14(19)10-13)11-21-17(23)5-6-20-16(22)4-3-15-2-1-7-24-15/h1-4,7-10H,5-6,11H2,(H,20,22)(H,21,23)/b4-3+. The molecule has 0 atom stereocenters. The van der Waals surface area contributed by atoms with E-state index in [0.29, 0.717) is 15.8 Å². The molecule has 0 saturated heterocycles. The van der Waals surface area contributed by atoms with Crippen molar-refractivity contribution in [3.8, 4) is 0 Å². The first kappa shape index (κ1) is 17.9. The van der Waals surface area contributed by atoms with Crippen LogP contribution in [0.3, 0.4) is 0 Å². The molecule has 7 heteroatoms. The first-order chi connectivity index (χ1) is 11.5. The number of furan rings is 1. The molecule has 5 nitrogen and oxygen atoms in total. The highest BCUT2D eigenvalue weighted by Gasteiger charge is 2.04. The van der Waals surface area contributed by atoms with Gasteiger partial charge in [-0.05, 0) is 42.0 Å². The first-order valence-electron chi connectivity index (χ1n) is 7.24. The predicted octanol–water partition coefficient (Wildman–Crippen LogP) is 3.02. The predicted molar refractivity (Wildman–Crippen MR) is 91.3 cm³/mol. The number of carbonyl (C=O) groups excluding carboxylic acids is 2. The lowest BCUT2D eigenvalue weighted by atomic mass is 10.2. The van der Waals surface area contributed by atoms with Gasteiger partial charge in [-0.1, -0.05) is 15.9 Å². The molecule has 0 saturated carbocycles. The maximum atomic E-state index is 13.2. The van der Waals surface area contributed by atoms with Gasteiger partial charge in [0.15, 0.2) is 0 Å². The number of carbonyl (C=O) groups is 2. The molecular formula is C17H16BrFN2O3. The van der Waals surface area contributed by atoms with Crippen molar-refractivity contribution in [2.75, 3.05) is 6.54 Å². The van der Waals surface area contributed by atoms with E-state index >= 15 is 0 Å². The second-order valence-corrected chi connectivity index (χ2v) is 5.86. The second-order valence-electron chi connectivity index (χ2n) is 4.94. The number of hydrogen-bond donors (Lipinski definition) is 2. The summed E-state index contributed by atoms with van der Waals surface area (Å²) in [4.78, 5) is 23.3. The zero-order valence-electron chi connectivity index (χ0n) is 12.7. The van der Waals surface area contributed by atoms with E-state index in [0.717, 1.165) is 0 Å². The average Bonchev–Trinajstić information content (AvgIpc) is 3.03. The molecule has 126 valence electrons. The molecule has 2 rings (SSSR count). The molecule has 2 N–H and O–H groups in total. The minimum atomic E-state index is -0.371. The largest absolute Gasteiger partial charge is 0.465 e. The Balaban J connectivity index is 1.66. The van der Waals surface area contributed by atoms with Crippen LogP contribution < -0.4 is 10.6 Å². The number of amides is 2. The highest BCUT2D eigenvalue weighted by Crippen LogP contribution is 2.14. The van der Waals surface area contributed by atoms with E-state index in [1.807, 2.05) is 0 Å². The Labute approximate surface area is 147 Å². The van der Waals surface area contributed by atoms with Gasteiger partial charge in [0, 0.05) is 30.1 Å². The van der Waals surface area contributed by atoms with Gasteiger partial charge in [-0.2, -0.15) is 0 Å². The summed E-state index contributed by atoms with van der Waals surface area (Å²) >= 11 is 3.19. The van der Waals surface area contributed by atoms with E-state index in [4.69, 9.17) is 4.42 Å². The summed E-state index contributed by atoms with van der Waals surface area (Å²) in [6.07, 6.45) is 4.52. The van der Waals surface area contributed by atoms with E-state index < -0.39 is 0 Å². The molecule has 24 heavy (non-hydrogen) atoms. The van der Waals surface area contributed by atoms with Crippen LogP contribution in [-0.2, 0) is 16.1 Å². The molecule has 1 heterocycles. The van der Waals surface area contributed by atoms with E-state index in [1.165, 1.54) is 30.5 Å². The Morgan fingerprint density at radius 1 is 1.25 bits per heavy atom. The lowest BCUT2D eigenvalue weighted by molar-refractivity contribution is -0.121. The summed E-state index contributed by atoms with van der Waals surface area (Å²) < 4.78 is 18.9. The average molecular weight is 395 g/mol. The molecule has 0 aliphatic rings. The number of nitrogens with one attached hydrogen (secondary N) is 2. The molecule has 0 aliphatic heterocycles. The van der Waals surface area contributed by atoms with Crippen LogP contribution in [0.5, 0.6) is 0 Å². The third kappa shape index (κ3) is 6.37. The molecular weight excluding hydrogens is 379 g/mol. The molecule has 0 bridgehead atoms. The van der Waals surface area contributed by atoms with Gasteiger partial charge in [-0.25, -0.2) is 4.39 Å². The highest BCUT2D eigenvalue weighted by molar-refractivity contribution is 9.10. The van der Waals surface area contributed by atoms with Crippen LogP contribution in [0.4, 0.5) is 4.39 Å². The SMILES string of the molecule is O=C(/C=C/c1ccco1)NCCC(=O)NCc1cc(F)cc(Br)c1. The quantitative estimate of drug-likeness (QED) is 0.709. The lowest BCUT2D eigenvalue weighted by Gasteiger charge is -2.06. The summed E-state index contributed by atoms with van der Waals surface area (Å²) in [6.45, 7) is 0.432. The number of benzene rings is 1. The second kappa shape index (κ2) is 9.02. The number of halogens is 2. The molecule has 0 aliphatic carbocycles. The lowest BCUT2D eigenvalue weighted by Crippen LogP contribution is -2.29. The smallest absolute Gasteiger partial charge is 0.244 e. The normalized spacial score (nSPS) is 10.8. The van der Waals surface area contributed by atoms with E-state index in [-0.39, 0.29) is 37.1 Å². The monoisotopic (exact) mass is 394 g/mol. The molecule has 0 fully saturated rings. The number of hydrogen-bond acceptors (Lipinski definition) is 3. The van der Waals surface area contributed by atoms with Crippen LogP contribution in [0, 0.1) is 5.82 Å². The van der Waals surface area contributed by atoms with Gasteiger partial charge < -0.3 is 15.1 Å². The minimum absolute atomic E-state index is 0.136. The summed E-state index contributed by atoms with van der Waals surface area (Å²) in [7, 11) is 0. The molecule has 2 aromatic rings.